The molecule has 1 amide bonds. The fourth-order valence-corrected chi connectivity index (χ4v) is 1.63. The molecule has 0 bridgehead atoms. The minimum Gasteiger partial charge on any atom is -0.326 e. The van der Waals surface area contributed by atoms with Crippen molar-refractivity contribution >= 4 is 11.6 Å². The standard InChI is InChI=1S/C13H19FN2O/c1-4-15-10(3)8-13(17)16-11-5-6-12(14)9(2)7-11/h5-7,10,15H,4,8H2,1-3H3,(H,16,17). The monoisotopic (exact) mass is 238 g/mol. The summed E-state index contributed by atoms with van der Waals surface area (Å²) in [4.78, 5) is 11.6. The Kier molecular flexibility index (Phi) is 5.10. The molecule has 0 fully saturated rings. The Bertz CT molecular complexity index is 393. The Morgan fingerprint density at radius 2 is 2.18 bits per heavy atom. The molecule has 0 saturated carbocycles. The van der Waals surface area contributed by atoms with Crippen LogP contribution < -0.4 is 10.6 Å². The van der Waals surface area contributed by atoms with Crippen LogP contribution in [0.25, 0.3) is 0 Å². The molecule has 0 aliphatic rings. The molecule has 2 N–H and O–H groups in total. The third-order valence-corrected chi connectivity index (χ3v) is 2.49. The summed E-state index contributed by atoms with van der Waals surface area (Å²) >= 11 is 0. The van der Waals surface area contributed by atoms with Crippen molar-refractivity contribution < 1.29 is 9.18 Å². The van der Waals surface area contributed by atoms with Crippen molar-refractivity contribution in [3.05, 3.63) is 29.6 Å². The van der Waals surface area contributed by atoms with Crippen LogP contribution in [0.5, 0.6) is 0 Å². The van der Waals surface area contributed by atoms with Crippen molar-refractivity contribution in [3.8, 4) is 0 Å². The van der Waals surface area contributed by atoms with Crippen LogP contribution in [0.4, 0.5) is 10.1 Å². The highest BCUT2D eigenvalue weighted by Crippen LogP contribution is 2.13. The summed E-state index contributed by atoms with van der Waals surface area (Å²) in [7, 11) is 0. The zero-order valence-electron chi connectivity index (χ0n) is 10.5. The zero-order valence-corrected chi connectivity index (χ0v) is 10.5. The molecule has 0 spiro atoms. The van der Waals surface area contributed by atoms with Gasteiger partial charge in [-0.2, -0.15) is 0 Å². The van der Waals surface area contributed by atoms with Crippen molar-refractivity contribution in [1.82, 2.24) is 5.32 Å². The van der Waals surface area contributed by atoms with E-state index >= 15 is 0 Å². The van der Waals surface area contributed by atoms with Crippen molar-refractivity contribution in [2.75, 3.05) is 11.9 Å². The fraction of sp³-hybridized carbons (Fsp3) is 0.462. The molecule has 0 radical (unpaired) electrons. The van der Waals surface area contributed by atoms with Crippen LogP contribution in [-0.4, -0.2) is 18.5 Å². The first-order chi connectivity index (χ1) is 8.02. The molecule has 4 heteroatoms. The van der Waals surface area contributed by atoms with E-state index in [1.54, 1.807) is 19.1 Å². The van der Waals surface area contributed by atoms with Crippen LogP contribution in [0.1, 0.15) is 25.8 Å². The van der Waals surface area contributed by atoms with E-state index in [9.17, 15) is 9.18 Å². The van der Waals surface area contributed by atoms with Crippen molar-refractivity contribution in [1.29, 1.82) is 0 Å². The number of halogens is 1. The van der Waals surface area contributed by atoms with Crippen LogP contribution >= 0.6 is 0 Å². The number of nitrogens with one attached hydrogen (secondary N) is 2. The highest BCUT2D eigenvalue weighted by Gasteiger charge is 2.08. The van der Waals surface area contributed by atoms with E-state index < -0.39 is 0 Å². The molecule has 0 aromatic heterocycles. The van der Waals surface area contributed by atoms with E-state index in [2.05, 4.69) is 10.6 Å². The molecule has 17 heavy (non-hydrogen) atoms. The third-order valence-electron chi connectivity index (χ3n) is 2.49. The normalized spacial score (nSPS) is 12.2. The van der Waals surface area contributed by atoms with Crippen molar-refractivity contribution in [3.63, 3.8) is 0 Å². The maximum atomic E-state index is 13.0. The van der Waals surface area contributed by atoms with Crippen LogP contribution in [0.3, 0.4) is 0 Å². The minimum absolute atomic E-state index is 0.0653. The fourth-order valence-electron chi connectivity index (χ4n) is 1.63. The van der Waals surface area contributed by atoms with E-state index in [0.717, 1.165) is 6.54 Å². The maximum Gasteiger partial charge on any atom is 0.225 e. The van der Waals surface area contributed by atoms with Crippen LogP contribution in [0.15, 0.2) is 18.2 Å². The lowest BCUT2D eigenvalue weighted by Crippen LogP contribution is -2.30. The number of carbonyl (C=O) groups excluding carboxylic acids is 1. The predicted octanol–water partition coefficient (Wildman–Crippen LogP) is 2.46. The van der Waals surface area contributed by atoms with Gasteiger partial charge in [-0.25, -0.2) is 4.39 Å². The van der Waals surface area contributed by atoms with Gasteiger partial charge in [-0.3, -0.25) is 4.79 Å². The summed E-state index contributed by atoms with van der Waals surface area (Å²) in [6.07, 6.45) is 0.407. The van der Waals surface area contributed by atoms with Crippen LogP contribution in [-0.2, 0) is 4.79 Å². The molecule has 0 aliphatic heterocycles. The largest absolute Gasteiger partial charge is 0.326 e. The quantitative estimate of drug-likeness (QED) is 0.827. The van der Waals surface area contributed by atoms with Gasteiger partial charge in [-0.1, -0.05) is 6.92 Å². The van der Waals surface area contributed by atoms with E-state index in [0.29, 0.717) is 17.7 Å². The van der Waals surface area contributed by atoms with E-state index in [1.165, 1.54) is 6.07 Å². The van der Waals surface area contributed by atoms with Gasteiger partial charge in [0.2, 0.25) is 5.91 Å². The second kappa shape index (κ2) is 6.35. The Morgan fingerprint density at radius 3 is 2.76 bits per heavy atom. The van der Waals surface area contributed by atoms with E-state index in [1.807, 2.05) is 13.8 Å². The highest BCUT2D eigenvalue weighted by molar-refractivity contribution is 5.91. The van der Waals surface area contributed by atoms with Gasteiger partial charge >= 0.3 is 0 Å². The summed E-state index contributed by atoms with van der Waals surface area (Å²) in [5.74, 6) is -0.325. The SMILES string of the molecule is CCNC(C)CC(=O)Nc1ccc(F)c(C)c1. The Morgan fingerprint density at radius 1 is 1.47 bits per heavy atom. The molecule has 1 rings (SSSR count). The molecule has 94 valence electrons. The predicted molar refractivity (Wildman–Crippen MR) is 67.5 cm³/mol. The van der Waals surface area contributed by atoms with E-state index in [4.69, 9.17) is 0 Å². The maximum absolute atomic E-state index is 13.0. The first-order valence-corrected chi connectivity index (χ1v) is 5.82. The number of carbonyl (C=O) groups is 1. The summed E-state index contributed by atoms with van der Waals surface area (Å²) in [6, 6.07) is 4.70. The zero-order chi connectivity index (χ0) is 12.8. The number of hydrogen-bond donors (Lipinski definition) is 2. The number of rotatable bonds is 5. The summed E-state index contributed by atoms with van der Waals surface area (Å²) in [5, 5.41) is 5.92. The van der Waals surface area contributed by atoms with Gasteiger partial charge in [-0.15, -0.1) is 0 Å². The third kappa shape index (κ3) is 4.53. The molecule has 1 atom stereocenters. The van der Waals surface area contributed by atoms with Gasteiger partial charge in [0.25, 0.3) is 0 Å². The average molecular weight is 238 g/mol. The van der Waals surface area contributed by atoms with Crippen LogP contribution in [0.2, 0.25) is 0 Å². The molecule has 0 aliphatic carbocycles. The number of hydrogen-bond acceptors (Lipinski definition) is 2. The molecule has 0 heterocycles. The molecular formula is C13H19FN2O. The molecule has 1 aromatic carbocycles. The second-order valence-corrected chi connectivity index (χ2v) is 4.17. The number of benzene rings is 1. The lowest BCUT2D eigenvalue weighted by Gasteiger charge is -2.12. The van der Waals surface area contributed by atoms with Gasteiger partial charge in [-0.05, 0) is 44.2 Å². The van der Waals surface area contributed by atoms with Gasteiger partial charge in [0.05, 0.1) is 0 Å². The van der Waals surface area contributed by atoms with E-state index in [-0.39, 0.29) is 17.8 Å². The number of amides is 1. The molecule has 1 unspecified atom stereocenters. The lowest BCUT2D eigenvalue weighted by atomic mass is 10.2. The second-order valence-electron chi connectivity index (χ2n) is 4.17. The van der Waals surface area contributed by atoms with Gasteiger partial charge < -0.3 is 10.6 Å². The summed E-state index contributed by atoms with van der Waals surface area (Å²) < 4.78 is 13.0. The first kappa shape index (κ1) is 13.6. The summed E-state index contributed by atoms with van der Waals surface area (Å²) in [5.41, 5.74) is 1.17. The smallest absolute Gasteiger partial charge is 0.225 e. The number of aryl methyl sites for hydroxylation is 1. The Balaban J connectivity index is 2.53. The molecule has 0 saturated heterocycles. The summed E-state index contributed by atoms with van der Waals surface area (Å²) in [6.45, 7) is 6.47. The molecule has 3 nitrogen and oxygen atoms in total. The average Bonchev–Trinajstić information content (AvgIpc) is 2.23. The molecular weight excluding hydrogens is 219 g/mol. The van der Waals surface area contributed by atoms with Gasteiger partial charge in [0.1, 0.15) is 5.82 Å². The Hall–Kier alpha value is -1.42. The Labute approximate surface area is 101 Å². The number of anilines is 1. The minimum atomic E-state index is -0.260. The topological polar surface area (TPSA) is 41.1 Å². The first-order valence-electron chi connectivity index (χ1n) is 5.82. The molecule has 1 aromatic rings. The van der Waals surface area contributed by atoms with Crippen LogP contribution in [0, 0.1) is 12.7 Å². The van der Waals surface area contributed by atoms with Crippen molar-refractivity contribution in [2.24, 2.45) is 0 Å². The van der Waals surface area contributed by atoms with Gasteiger partial charge in [0.15, 0.2) is 0 Å². The lowest BCUT2D eigenvalue weighted by molar-refractivity contribution is -0.116. The highest BCUT2D eigenvalue weighted by atomic mass is 19.1. The van der Waals surface area contributed by atoms with Gasteiger partial charge in [0, 0.05) is 18.2 Å². The van der Waals surface area contributed by atoms with Crippen molar-refractivity contribution in [2.45, 2.75) is 33.2 Å².